The van der Waals surface area contributed by atoms with Gasteiger partial charge in [-0.25, -0.2) is 0 Å². The molecular weight excluding hydrogens is 164 g/mol. The van der Waals surface area contributed by atoms with E-state index in [0.29, 0.717) is 0 Å². The van der Waals surface area contributed by atoms with E-state index in [4.69, 9.17) is 4.74 Å². The van der Waals surface area contributed by atoms with Crippen LogP contribution in [0.15, 0.2) is 0 Å². The highest BCUT2D eigenvalue weighted by Gasteiger charge is 2.42. The van der Waals surface area contributed by atoms with Crippen LogP contribution in [0, 0.1) is 5.41 Å². The molecule has 0 aromatic heterocycles. The van der Waals surface area contributed by atoms with Crippen LogP contribution in [0.1, 0.15) is 47.5 Å². The van der Waals surface area contributed by atoms with Gasteiger partial charge in [0.2, 0.25) is 0 Å². The molecule has 0 aliphatic carbocycles. The molecule has 1 aliphatic heterocycles. The van der Waals surface area contributed by atoms with Crippen molar-refractivity contribution in [3.05, 3.63) is 0 Å². The number of Topliss-reactive ketones (excluding diaryl/α,β-unsaturated/α-hetero) is 1. The van der Waals surface area contributed by atoms with E-state index in [1.54, 1.807) is 6.92 Å². The fraction of sp³-hybridized carbons (Fsp3) is 0.909. The zero-order valence-electron chi connectivity index (χ0n) is 9.31. The normalized spacial score (nSPS) is 31.3. The van der Waals surface area contributed by atoms with E-state index in [1.807, 2.05) is 0 Å². The average molecular weight is 184 g/mol. The second-order valence-corrected chi connectivity index (χ2v) is 5.36. The summed E-state index contributed by atoms with van der Waals surface area (Å²) in [5.74, 6) is 0.151. The summed E-state index contributed by atoms with van der Waals surface area (Å²) in [6, 6.07) is 0. The first-order chi connectivity index (χ1) is 5.75. The third-order valence-corrected chi connectivity index (χ3v) is 2.89. The summed E-state index contributed by atoms with van der Waals surface area (Å²) in [5, 5.41) is 0. The zero-order valence-corrected chi connectivity index (χ0v) is 9.31. The van der Waals surface area contributed by atoms with E-state index < -0.39 is 0 Å². The molecule has 1 heterocycles. The maximum atomic E-state index is 11.4. The molecule has 1 saturated heterocycles. The Hall–Kier alpha value is -0.370. The molecule has 0 N–H and O–H groups in total. The van der Waals surface area contributed by atoms with Crippen molar-refractivity contribution in [3.8, 4) is 0 Å². The van der Waals surface area contributed by atoms with Crippen LogP contribution in [0.4, 0.5) is 0 Å². The SMILES string of the molecule is CC(=O)[C@@H]1OC(C)(C)CCC1(C)C. The van der Waals surface area contributed by atoms with Crippen LogP contribution in [0.2, 0.25) is 0 Å². The fourth-order valence-corrected chi connectivity index (χ4v) is 1.93. The van der Waals surface area contributed by atoms with Gasteiger partial charge < -0.3 is 4.74 Å². The quantitative estimate of drug-likeness (QED) is 0.626. The van der Waals surface area contributed by atoms with Gasteiger partial charge in [0.05, 0.1) is 5.60 Å². The van der Waals surface area contributed by atoms with Gasteiger partial charge in [-0.2, -0.15) is 0 Å². The molecule has 1 rings (SSSR count). The third kappa shape index (κ3) is 2.31. The third-order valence-electron chi connectivity index (χ3n) is 2.89. The number of ether oxygens (including phenoxy) is 1. The Morgan fingerprint density at radius 2 is 1.77 bits per heavy atom. The second-order valence-electron chi connectivity index (χ2n) is 5.36. The molecule has 1 fully saturated rings. The van der Waals surface area contributed by atoms with E-state index in [-0.39, 0.29) is 22.9 Å². The molecule has 0 bridgehead atoms. The monoisotopic (exact) mass is 184 g/mol. The van der Waals surface area contributed by atoms with Gasteiger partial charge in [-0.1, -0.05) is 13.8 Å². The molecule has 0 amide bonds. The lowest BCUT2D eigenvalue weighted by Gasteiger charge is -2.44. The maximum absolute atomic E-state index is 11.4. The first-order valence-corrected chi connectivity index (χ1v) is 4.93. The molecule has 0 radical (unpaired) electrons. The zero-order chi connectivity index (χ0) is 10.3. The number of rotatable bonds is 1. The summed E-state index contributed by atoms with van der Waals surface area (Å²) in [6.45, 7) is 9.94. The van der Waals surface area contributed by atoms with Gasteiger partial charge in [-0.3, -0.25) is 4.79 Å². The van der Waals surface area contributed by atoms with Crippen molar-refractivity contribution in [2.45, 2.75) is 59.2 Å². The predicted octanol–water partition coefficient (Wildman–Crippen LogP) is 2.56. The first kappa shape index (κ1) is 10.7. The van der Waals surface area contributed by atoms with Gasteiger partial charge >= 0.3 is 0 Å². The van der Waals surface area contributed by atoms with Crippen LogP contribution in [0.25, 0.3) is 0 Å². The molecule has 2 nitrogen and oxygen atoms in total. The minimum atomic E-state index is -0.226. The van der Waals surface area contributed by atoms with Crippen molar-refractivity contribution in [1.29, 1.82) is 0 Å². The largest absolute Gasteiger partial charge is 0.364 e. The van der Waals surface area contributed by atoms with Crippen molar-refractivity contribution in [2.75, 3.05) is 0 Å². The Labute approximate surface area is 80.7 Å². The number of carbonyl (C=O) groups excluding carboxylic acids is 1. The number of hydrogen-bond acceptors (Lipinski definition) is 2. The summed E-state index contributed by atoms with van der Waals surface area (Å²) in [6.07, 6.45) is 1.87. The van der Waals surface area contributed by atoms with Gasteiger partial charge in [0.1, 0.15) is 6.10 Å². The molecule has 13 heavy (non-hydrogen) atoms. The molecule has 0 aromatic carbocycles. The van der Waals surface area contributed by atoms with Crippen LogP contribution in [-0.2, 0) is 9.53 Å². The van der Waals surface area contributed by atoms with E-state index in [2.05, 4.69) is 27.7 Å². The minimum Gasteiger partial charge on any atom is -0.364 e. The van der Waals surface area contributed by atoms with E-state index >= 15 is 0 Å². The Balaban J connectivity index is 2.82. The Kier molecular flexibility index (Phi) is 2.54. The summed E-state index contributed by atoms with van der Waals surface area (Å²) >= 11 is 0. The van der Waals surface area contributed by atoms with Crippen molar-refractivity contribution < 1.29 is 9.53 Å². The van der Waals surface area contributed by atoms with Crippen LogP contribution in [0.5, 0.6) is 0 Å². The lowest BCUT2D eigenvalue weighted by Crippen LogP contribution is -2.48. The topological polar surface area (TPSA) is 26.3 Å². The van der Waals surface area contributed by atoms with E-state index in [9.17, 15) is 4.79 Å². The predicted molar refractivity (Wildman–Crippen MR) is 52.6 cm³/mol. The second kappa shape index (κ2) is 3.09. The lowest BCUT2D eigenvalue weighted by molar-refractivity contribution is -0.175. The van der Waals surface area contributed by atoms with Gasteiger partial charge in [-0.05, 0) is 39.0 Å². The average Bonchev–Trinajstić information content (AvgIpc) is 1.95. The number of hydrogen-bond donors (Lipinski definition) is 0. The highest BCUT2D eigenvalue weighted by molar-refractivity contribution is 5.81. The number of carbonyl (C=O) groups is 1. The molecule has 0 saturated carbocycles. The number of ketones is 1. The maximum Gasteiger partial charge on any atom is 0.159 e. The van der Waals surface area contributed by atoms with Crippen LogP contribution < -0.4 is 0 Å². The molecular formula is C11H20O2. The van der Waals surface area contributed by atoms with Crippen molar-refractivity contribution in [2.24, 2.45) is 5.41 Å². The van der Waals surface area contributed by atoms with E-state index in [0.717, 1.165) is 12.8 Å². The summed E-state index contributed by atoms with van der Waals surface area (Å²) < 4.78 is 5.80. The van der Waals surface area contributed by atoms with Crippen molar-refractivity contribution in [3.63, 3.8) is 0 Å². The van der Waals surface area contributed by atoms with Gasteiger partial charge in [0, 0.05) is 0 Å². The van der Waals surface area contributed by atoms with Gasteiger partial charge in [0.25, 0.3) is 0 Å². The fourth-order valence-electron chi connectivity index (χ4n) is 1.93. The smallest absolute Gasteiger partial charge is 0.159 e. The highest BCUT2D eigenvalue weighted by Crippen LogP contribution is 2.40. The Morgan fingerprint density at radius 3 is 2.15 bits per heavy atom. The van der Waals surface area contributed by atoms with Gasteiger partial charge in [-0.15, -0.1) is 0 Å². The van der Waals surface area contributed by atoms with Crippen molar-refractivity contribution in [1.82, 2.24) is 0 Å². The Morgan fingerprint density at radius 1 is 1.23 bits per heavy atom. The summed E-state index contributed by atoms with van der Waals surface area (Å²) in [7, 11) is 0. The minimum absolute atomic E-state index is 0.00134. The molecule has 76 valence electrons. The summed E-state index contributed by atoms with van der Waals surface area (Å²) in [4.78, 5) is 11.4. The van der Waals surface area contributed by atoms with Crippen LogP contribution >= 0.6 is 0 Å². The lowest BCUT2D eigenvalue weighted by atomic mass is 9.75. The molecule has 0 unspecified atom stereocenters. The molecule has 0 aromatic rings. The van der Waals surface area contributed by atoms with Gasteiger partial charge in [0.15, 0.2) is 5.78 Å². The first-order valence-electron chi connectivity index (χ1n) is 4.93. The highest BCUT2D eigenvalue weighted by atomic mass is 16.5. The van der Waals surface area contributed by atoms with Crippen LogP contribution in [0.3, 0.4) is 0 Å². The molecule has 1 atom stereocenters. The van der Waals surface area contributed by atoms with Crippen molar-refractivity contribution >= 4 is 5.78 Å². The standard InChI is InChI=1S/C11H20O2/c1-8(12)9-10(2,3)6-7-11(4,5)13-9/h9H,6-7H2,1-5H3/t9-/m0/s1. The summed E-state index contributed by atoms with van der Waals surface area (Å²) in [5.41, 5.74) is -0.132. The Bertz CT molecular complexity index is 216. The van der Waals surface area contributed by atoms with Crippen LogP contribution in [-0.4, -0.2) is 17.5 Å². The molecule has 2 heteroatoms. The van der Waals surface area contributed by atoms with E-state index in [1.165, 1.54) is 0 Å². The molecule has 0 spiro atoms. The molecule has 1 aliphatic rings.